The van der Waals surface area contributed by atoms with Gasteiger partial charge in [0.15, 0.2) is 11.0 Å². The van der Waals surface area contributed by atoms with Crippen molar-refractivity contribution < 1.29 is 14.3 Å². The van der Waals surface area contributed by atoms with Crippen LogP contribution in [-0.2, 0) is 17.8 Å². The van der Waals surface area contributed by atoms with E-state index in [4.69, 9.17) is 4.74 Å². The van der Waals surface area contributed by atoms with Crippen molar-refractivity contribution in [2.45, 2.75) is 31.5 Å². The molecule has 1 heterocycles. The number of carbonyl (C=O) groups is 2. The predicted molar refractivity (Wildman–Crippen MR) is 125 cm³/mol. The highest BCUT2D eigenvalue weighted by atomic mass is 32.2. The zero-order valence-corrected chi connectivity index (χ0v) is 19.0. The molecule has 0 saturated heterocycles. The van der Waals surface area contributed by atoms with E-state index in [1.807, 2.05) is 54.0 Å². The number of imide groups is 1. The topological polar surface area (TPSA) is 98.1 Å². The fourth-order valence-corrected chi connectivity index (χ4v) is 3.78. The number of aryl methyl sites for hydroxylation is 1. The predicted octanol–water partition coefficient (Wildman–Crippen LogP) is 3.52. The van der Waals surface area contributed by atoms with Crippen LogP contribution in [0.1, 0.15) is 18.9 Å². The lowest BCUT2D eigenvalue weighted by molar-refractivity contribution is -0.117. The SMILES string of the molecule is CCCNC(=O)NC(=O)CSc1nnc(-c2ccc(OC)cc2)n1CCc1ccccc1. The number of methoxy groups -OCH3 is 1. The van der Waals surface area contributed by atoms with Gasteiger partial charge in [-0.25, -0.2) is 4.79 Å². The number of aromatic nitrogens is 3. The first-order valence-electron chi connectivity index (χ1n) is 10.4. The number of urea groups is 1. The summed E-state index contributed by atoms with van der Waals surface area (Å²) in [5.41, 5.74) is 2.10. The third-order valence-electron chi connectivity index (χ3n) is 4.65. The third kappa shape index (κ3) is 6.58. The minimum absolute atomic E-state index is 0.0611. The van der Waals surface area contributed by atoms with E-state index in [1.54, 1.807) is 7.11 Å². The molecule has 9 heteroatoms. The van der Waals surface area contributed by atoms with Crippen LogP contribution in [-0.4, -0.2) is 46.1 Å². The molecule has 0 atom stereocenters. The van der Waals surface area contributed by atoms with E-state index in [9.17, 15) is 9.59 Å². The van der Waals surface area contributed by atoms with Gasteiger partial charge in [-0.15, -0.1) is 10.2 Å². The Balaban J connectivity index is 1.74. The van der Waals surface area contributed by atoms with Crippen molar-refractivity contribution in [1.29, 1.82) is 0 Å². The molecule has 32 heavy (non-hydrogen) atoms. The van der Waals surface area contributed by atoms with Crippen molar-refractivity contribution in [2.24, 2.45) is 0 Å². The largest absolute Gasteiger partial charge is 0.497 e. The van der Waals surface area contributed by atoms with Gasteiger partial charge < -0.3 is 14.6 Å². The summed E-state index contributed by atoms with van der Waals surface area (Å²) >= 11 is 1.25. The van der Waals surface area contributed by atoms with E-state index in [-0.39, 0.29) is 11.7 Å². The summed E-state index contributed by atoms with van der Waals surface area (Å²) in [7, 11) is 1.62. The zero-order chi connectivity index (χ0) is 22.8. The lowest BCUT2D eigenvalue weighted by Crippen LogP contribution is -2.40. The van der Waals surface area contributed by atoms with Crippen molar-refractivity contribution in [2.75, 3.05) is 19.4 Å². The molecule has 3 aromatic rings. The molecule has 0 bridgehead atoms. The van der Waals surface area contributed by atoms with Gasteiger partial charge >= 0.3 is 6.03 Å². The van der Waals surface area contributed by atoms with Crippen molar-refractivity contribution in [1.82, 2.24) is 25.4 Å². The Kier molecular flexibility index (Phi) is 8.68. The second kappa shape index (κ2) is 11.9. The zero-order valence-electron chi connectivity index (χ0n) is 18.2. The molecule has 2 aromatic carbocycles. The average molecular weight is 454 g/mol. The van der Waals surface area contributed by atoms with Crippen LogP contribution < -0.4 is 15.4 Å². The minimum atomic E-state index is -0.484. The summed E-state index contributed by atoms with van der Waals surface area (Å²) in [5, 5.41) is 14.3. The Morgan fingerprint density at radius 2 is 1.81 bits per heavy atom. The van der Waals surface area contributed by atoms with Crippen LogP contribution in [0.5, 0.6) is 5.75 Å². The lowest BCUT2D eigenvalue weighted by Gasteiger charge is -2.11. The van der Waals surface area contributed by atoms with Gasteiger partial charge in [0.25, 0.3) is 0 Å². The second-order valence-electron chi connectivity index (χ2n) is 7.01. The number of nitrogens with zero attached hydrogens (tertiary/aromatic N) is 3. The number of ether oxygens (including phenoxy) is 1. The van der Waals surface area contributed by atoms with Gasteiger partial charge in [-0.05, 0) is 42.7 Å². The van der Waals surface area contributed by atoms with E-state index in [0.29, 0.717) is 24.1 Å². The molecule has 168 valence electrons. The first-order chi connectivity index (χ1) is 15.6. The monoisotopic (exact) mass is 453 g/mol. The Morgan fingerprint density at radius 1 is 1.06 bits per heavy atom. The van der Waals surface area contributed by atoms with Gasteiger partial charge in [-0.2, -0.15) is 0 Å². The quantitative estimate of drug-likeness (QED) is 0.456. The number of rotatable bonds is 10. The molecule has 0 unspecified atom stereocenters. The Morgan fingerprint density at radius 3 is 2.50 bits per heavy atom. The molecular formula is C23H27N5O3S. The number of hydrogen-bond acceptors (Lipinski definition) is 6. The van der Waals surface area contributed by atoms with Crippen molar-refractivity contribution in [3.63, 3.8) is 0 Å². The van der Waals surface area contributed by atoms with Gasteiger partial charge in [0, 0.05) is 18.7 Å². The maximum atomic E-state index is 12.2. The highest BCUT2D eigenvalue weighted by Gasteiger charge is 2.17. The number of carbonyl (C=O) groups excluding carboxylic acids is 2. The van der Waals surface area contributed by atoms with E-state index in [0.717, 1.165) is 24.2 Å². The molecule has 0 aliphatic carbocycles. The van der Waals surface area contributed by atoms with E-state index >= 15 is 0 Å². The van der Waals surface area contributed by atoms with Crippen LogP contribution in [0.25, 0.3) is 11.4 Å². The first kappa shape index (κ1) is 23.3. The number of nitrogens with one attached hydrogen (secondary N) is 2. The smallest absolute Gasteiger partial charge is 0.321 e. The lowest BCUT2D eigenvalue weighted by atomic mass is 10.1. The average Bonchev–Trinajstić information content (AvgIpc) is 3.23. The van der Waals surface area contributed by atoms with Crippen LogP contribution >= 0.6 is 11.8 Å². The number of hydrogen-bond donors (Lipinski definition) is 2. The summed E-state index contributed by atoms with van der Waals surface area (Å²) in [6.45, 7) is 3.12. The molecule has 0 fully saturated rings. The standard InChI is InChI=1S/C23H27N5O3S/c1-3-14-24-22(30)25-20(29)16-32-23-27-26-21(18-9-11-19(31-2)12-10-18)28(23)15-13-17-7-5-4-6-8-17/h4-12H,3,13-16H2,1-2H3,(H2,24,25,29,30). The molecule has 8 nitrogen and oxygen atoms in total. The van der Waals surface area contributed by atoms with Gasteiger partial charge in [-0.1, -0.05) is 49.0 Å². The maximum Gasteiger partial charge on any atom is 0.321 e. The number of amides is 3. The van der Waals surface area contributed by atoms with Crippen molar-refractivity contribution in [3.8, 4) is 17.1 Å². The highest BCUT2D eigenvalue weighted by Crippen LogP contribution is 2.26. The fourth-order valence-electron chi connectivity index (χ4n) is 3.01. The van der Waals surface area contributed by atoms with Crippen molar-refractivity contribution in [3.05, 3.63) is 60.2 Å². The number of thioether (sulfide) groups is 1. The molecule has 2 N–H and O–H groups in total. The summed E-state index contributed by atoms with van der Waals surface area (Å²) in [4.78, 5) is 23.9. The van der Waals surface area contributed by atoms with Crippen molar-refractivity contribution >= 4 is 23.7 Å². The molecule has 3 amide bonds. The molecule has 0 spiro atoms. The third-order valence-corrected chi connectivity index (χ3v) is 5.62. The van der Waals surface area contributed by atoms with E-state index in [2.05, 4.69) is 33.0 Å². The van der Waals surface area contributed by atoms with Crippen LogP contribution in [0.4, 0.5) is 4.79 Å². The molecular weight excluding hydrogens is 426 g/mol. The maximum absolute atomic E-state index is 12.2. The second-order valence-corrected chi connectivity index (χ2v) is 7.96. The van der Waals surface area contributed by atoms with Gasteiger partial charge in [0.05, 0.1) is 12.9 Å². The first-order valence-corrected chi connectivity index (χ1v) is 11.4. The van der Waals surface area contributed by atoms with Gasteiger partial charge in [-0.3, -0.25) is 10.1 Å². The molecule has 0 radical (unpaired) electrons. The molecule has 1 aromatic heterocycles. The summed E-state index contributed by atoms with van der Waals surface area (Å²) < 4.78 is 7.25. The molecule has 0 saturated carbocycles. The van der Waals surface area contributed by atoms with Crippen LogP contribution in [0.2, 0.25) is 0 Å². The highest BCUT2D eigenvalue weighted by molar-refractivity contribution is 7.99. The van der Waals surface area contributed by atoms with Crippen LogP contribution in [0, 0.1) is 0 Å². The van der Waals surface area contributed by atoms with Gasteiger partial charge in [0.1, 0.15) is 5.75 Å². The van der Waals surface area contributed by atoms with E-state index < -0.39 is 6.03 Å². The summed E-state index contributed by atoms with van der Waals surface area (Å²) in [6, 6.07) is 17.3. The molecule has 0 aliphatic heterocycles. The summed E-state index contributed by atoms with van der Waals surface area (Å²) in [6.07, 6.45) is 1.59. The Hall–Kier alpha value is -3.33. The summed E-state index contributed by atoms with van der Waals surface area (Å²) in [5.74, 6) is 1.15. The molecule has 0 aliphatic rings. The van der Waals surface area contributed by atoms with Crippen LogP contribution in [0.15, 0.2) is 59.8 Å². The Labute approximate surface area is 191 Å². The number of benzene rings is 2. The van der Waals surface area contributed by atoms with Crippen LogP contribution in [0.3, 0.4) is 0 Å². The van der Waals surface area contributed by atoms with E-state index in [1.165, 1.54) is 17.3 Å². The Bertz CT molecular complexity index is 1020. The fraction of sp³-hybridized carbons (Fsp3) is 0.304. The molecule has 3 rings (SSSR count). The van der Waals surface area contributed by atoms with Gasteiger partial charge in [0.2, 0.25) is 5.91 Å². The normalized spacial score (nSPS) is 10.6. The minimum Gasteiger partial charge on any atom is -0.497 e.